The summed E-state index contributed by atoms with van der Waals surface area (Å²) in [6.07, 6.45) is 1.94. The second-order valence-electron chi connectivity index (χ2n) is 14.6. The molecule has 5 aromatic carbocycles. The molecule has 8 rings (SSSR count). The Morgan fingerprint density at radius 2 is 1.41 bits per heavy atom. The fraction of sp³-hybridized carbons (Fsp3) is 0.239. The van der Waals surface area contributed by atoms with Crippen molar-refractivity contribution < 1.29 is 25.2 Å². The summed E-state index contributed by atoms with van der Waals surface area (Å²) in [5.74, 6) is 1.61. The minimum Gasteiger partial charge on any atom is -0.355 e. The van der Waals surface area contributed by atoms with Gasteiger partial charge in [-0.2, -0.15) is 47.5 Å². The Hall–Kier alpha value is -4.66. The number of benzene rings is 5. The predicted molar refractivity (Wildman–Crippen MR) is 210 cm³/mol. The van der Waals surface area contributed by atoms with Crippen LogP contribution in [0.3, 0.4) is 0 Å². The van der Waals surface area contributed by atoms with Gasteiger partial charge in [0.15, 0.2) is 0 Å². The third-order valence-corrected chi connectivity index (χ3v) is 10.4. The molecule has 258 valence electrons. The zero-order valence-electron chi connectivity index (χ0n) is 32.9. The van der Waals surface area contributed by atoms with Gasteiger partial charge < -0.3 is 14.4 Å². The zero-order chi connectivity index (χ0) is 37.2. The maximum Gasteiger partial charge on any atom is 2.00 e. The first kappa shape index (κ1) is 31.1. The predicted octanol–water partition coefficient (Wildman–Crippen LogP) is 11.6. The summed E-state index contributed by atoms with van der Waals surface area (Å²) < 4.78 is 26.8. The molecule has 2 aromatic heterocycles. The molecule has 0 radical (unpaired) electrons. The number of para-hydroxylation sites is 3. The maximum atomic E-state index is 8.17. The van der Waals surface area contributed by atoms with E-state index >= 15 is 0 Å². The Labute approximate surface area is 321 Å². The van der Waals surface area contributed by atoms with Crippen LogP contribution < -0.4 is 9.80 Å². The van der Waals surface area contributed by atoms with Gasteiger partial charge in [0.25, 0.3) is 0 Å². The van der Waals surface area contributed by atoms with Gasteiger partial charge in [0, 0.05) is 22.8 Å². The number of nitrogens with zero attached hydrogens (tertiary/aromatic N) is 4. The Morgan fingerprint density at radius 1 is 0.725 bits per heavy atom. The van der Waals surface area contributed by atoms with Crippen LogP contribution in [-0.2, 0) is 26.5 Å². The van der Waals surface area contributed by atoms with Gasteiger partial charge in [-0.05, 0) is 75.2 Å². The van der Waals surface area contributed by atoms with Gasteiger partial charge in [-0.1, -0.05) is 101 Å². The quantitative estimate of drug-likeness (QED) is 0.149. The summed E-state index contributed by atoms with van der Waals surface area (Å²) in [5.41, 5.74) is 11.1. The SMILES string of the molecule is [2H]C([2H])([2H])N1CN(c2[c-]c(C(C)(C)c3[c-]c4c(cc3)c3ccccc3n4-c3cc(-c4c(C(C)C)cccc4C(C)C)ccn3)ccc2)c2ccccc21.[Pt+2]. The van der Waals surface area contributed by atoms with Gasteiger partial charge >= 0.3 is 21.1 Å². The molecule has 5 heteroatoms. The molecular weight excluding hydrogens is 804 g/mol. The second kappa shape index (κ2) is 13.5. The minimum absolute atomic E-state index is 0. The van der Waals surface area contributed by atoms with E-state index in [4.69, 9.17) is 9.10 Å². The zero-order valence-corrected chi connectivity index (χ0v) is 32.2. The normalized spacial score (nSPS) is 14.2. The van der Waals surface area contributed by atoms with E-state index in [1.807, 2.05) is 47.5 Å². The van der Waals surface area contributed by atoms with E-state index < -0.39 is 12.4 Å². The molecular formula is C46H44N4Pt. The van der Waals surface area contributed by atoms with Crippen molar-refractivity contribution in [2.75, 3.05) is 23.4 Å². The molecule has 4 nitrogen and oxygen atoms in total. The summed E-state index contributed by atoms with van der Waals surface area (Å²) in [7, 11) is 0. The third-order valence-electron chi connectivity index (χ3n) is 10.4. The van der Waals surface area contributed by atoms with E-state index in [0.717, 1.165) is 55.7 Å². The van der Waals surface area contributed by atoms with Crippen LogP contribution in [0.5, 0.6) is 0 Å². The van der Waals surface area contributed by atoms with Gasteiger partial charge in [-0.15, -0.1) is 11.5 Å². The van der Waals surface area contributed by atoms with E-state index in [-0.39, 0.29) is 27.7 Å². The standard InChI is InChI=1S/C46H44N4.Pt/c1-30(2)36-17-13-18-37(31(3)4)45(36)32-24-25-47-44(26-32)50-40-19-9-8-16-38(40)39-23-22-34(28-43(39)50)46(5,6)33-14-12-15-35(27-33)49-29-48(7)41-20-10-11-21-42(41)49;/h8-26,30-31H,29H2,1-7H3;/q-2;+2/i7D3;. The van der Waals surface area contributed by atoms with Gasteiger partial charge in [0.1, 0.15) is 5.82 Å². The monoisotopic (exact) mass is 850 g/mol. The van der Waals surface area contributed by atoms with Crippen LogP contribution in [-0.4, -0.2) is 23.2 Å². The largest absolute Gasteiger partial charge is 2.00 e. The topological polar surface area (TPSA) is 24.3 Å². The molecule has 0 saturated heterocycles. The van der Waals surface area contributed by atoms with E-state index in [1.165, 1.54) is 21.6 Å². The van der Waals surface area contributed by atoms with Crippen molar-refractivity contribution in [3.8, 4) is 16.9 Å². The molecule has 0 aliphatic carbocycles. The molecule has 3 heterocycles. The number of hydrogen-bond donors (Lipinski definition) is 0. The van der Waals surface area contributed by atoms with E-state index in [0.29, 0.717) is 17.5 Å². The van der Waals surface area contributed by atoms with Crippen LogP contribution in [0.25, 0.3) is 38.8 Å². The summed E-state index contributed by atoms with van der Waals surface area (Å²) in [5, 5.41) is 2.27. The molecule has 0 atom stereocenters. The van der Waals surface area contributed by atoms with Gasteiger partial charge in [0.05, 0.1) is 18.0 Å². The smallest absolute Gasteiger partial charge is 0.355 e. The Morgan fingerprint density at radius 3 is 2.16 bits per heavy atom. The minimum atomic E-state index is -2.26. The van der Waals surface area contributed by atoms with E-state index in [2.05, 4.69) is 131 Å². The van der Waals surface area contributed by atoms with Crippen LogP contribution >= 0.6 is 0 Å². The van der Waals surface area contributed by atoms with Gasteiger partial charge in [-0.3, -0.25) is 0 Å². The second-order valence-corrected chi connectivity index (χ2v) is 14.6. The van der Waals surface area contributed by atoms with Crippen molar-refractivity contribution in [3.05, 3.63) is 150 Å². The fourth-order valence-corrected chi connectivity index (χ4v) is 7.62. The van der Waals surface area contributed by atoms with Crippen LogP contribution in [0.4, 0.5) is 17.1 Å². The average molecular weight is 851 g/mol. The van der Waals surface area contributed by atoms with Crippen LogP contribution in [0.2, 0.25) is 0 Å². The molecule has 0 unspecified atom stereocenters. The molecule has 0 spiro atoms. The molecule has 0 saturated carbocycles. The molecule has 0 amide bonds. The number of pyridine rings is 1. The molecule has 0 bridgehead atoms. The van der Waals surface area contributed by atoms with E-state index in [9.17, 15) is 0 Å². The number of aromatic nitrogens is 2. The van der Waals surface area contributed by atoms with Gasteiger partial charge in [0.2, 0.25) is 0 Å². The first-order valence-electron chi connectivity index (χ1n) is 19.1. The molecule has 0 fully saturated rings. The van der Waals surface area contributed by atoms with Crippen molar-refractivity contribution >= 4 is 38.9 Å². The molecule has 0 N–H and O–H groups in total. The van der Waals surface area contributed by atoms with Crippen molar-refractivity contribution in [3.63, 3.8) is 0 Å². The number of hydrogen-bond acceptors (Lipinski definition) is 3. The van der Waals surface area contributed by atoms with Crippen molar-refractivity contribution in [1.82, 2.24) is 9.55 Å². The summed E-state index contributed by atoms with van der Waals surface area (Å²) in [6.45, 7) is 11.4. The fourth-order valence-electron chi connectivity index (χ4n) is 7.62. The van der Waals surface area contributed by atoms with Gasteiger partial charge in [-0.25, -0.2) is 4.98 Å². The average Bonchev–Trinajstić information content (AvgIpc) is 3.71. The summed E-state index contributed by atoms with van der Waals surface area (Å²) in [4.78, 5) is 8.50. The maximum absolute atomic E-state index is 8.17. The number of rotatable bonds is 7. The molecule has 1 aliphatic rings. The number of fused-ring (bicyclic) bond motifs is 4. The number of anilines is 3. The molecule has 1 aliphatic heterocycles. The van der Waals surface area contributed by atoms with Crippen LogP contribution in [0.15, 0.2) is 115 Å². The molecule has 7 aromatic rings. The van der Waals surface area contributed by atoms with E-state index in [1.54, 1.807) is 0 Å². The first-order valence-corrected chi connectivity index (χ1v) is 17.6. The van der Waals surface area contributed by atoms with Crippen LogP contribution in [0.1, 0.15) is 79.7 Å². The first-order chi connectivity index (χ1) is 25.3. The van der Waals surface area contributed by atoms with Crippen LogP contribution in [0, 0.1) is 12.1 Å². The molecule has 51 heavy (non-hydrogen) atoms. The Bertz CT molecular complexity index is 2470. The Kier molecular flexibility index (Phi) is 8.22. The van der Waals surface area contributed by atoms with Crippen molar-refractivity contribution in [1.29, 1.82) is 0 Å². The third kappa shape index (κ3) is 5.88. The Balaban J connectivity index is 0.00000450. The van der Waals surface area contributed by atoms with Crippen molar-refractivity contribution in [2.24, 2.45) is 0 Å². The summed E-state index contributed by atoms with van der Waals surface area (Å²) >= 11 is 0. The summed E-state index contributed by atoms with van der Waals surface area (Å²) in [6, 6.07) is 45.4. The van der Waals surface area contributed by atoms with Crippen molar-refractivity contribution in [2.45, 2.75) is 58.8 Å².